The van der Waals surface area contributed by atoms with Crippen LogP contribution in [0.25, 0.3) is 0 Å². The standard InChI is InChI=1S/2C4H6O2.2C3H7O.Zr/c2*1-3(2)4(5)6;2*1-2-3-4;/h2*1H2,2H3,(H,5,6);2*2-3H2,1H3;/q;;2*-1;+4/p-2. The van der Waals surface area contributed by atoms with E-state index in [0.717, 1.165) is 12.8 Å². The van der Waals surface area contributed by atoms with Crippen molar-refractivity contribution in [1.29, 1.82) is 0 Å². The summed E-state index contributed by atoms with van der Waals surface area (Å²) in [6, 6.07) is 0. The van der Waals surface area contributed by atoms with Crippen LogP contribution in [0.2, 0.25) is 0 Å². The first-order valence-electron chi connectivity index (χ1n) is 6.02. The molecule has 120 valence electrons. The van der Waals surface area contributed by atoms with E-state index < -0.39 is 11.9 Å². The summed E-state index contributed by atoms with van der Waals surface area (Å²) in [5.74, 6) is -2.37. The van der Waals surface area contributed by atoms with Gasteiger partial charge in [-0.2, -0.15) is 0 Å². The molecule has 0 amide bonds. The van der Waals surface area contributed by atoms with Crippen LogP contribution in [0, 0.1) is 0 Å². The van der Waals surface area contributed by atoms with Crippen LogP contribution in [0.3, 0.4) is 0 Å². The zero-order chi connectivity index (χ0) is 17.1. The molecule has 0 unspecified atom stereocenters. The van der Waals surface area contributed by atoms with Crippen molar-refractivity contribution in [1.82, 2.24) is 0 Å². The molecule has 0 radical (unpaired) electrons. The van der Waals surface area contributed by atoms with Crippen molar-refractivity contribution in [2.45, 2.75) is 40.5 Å². The first-order valence-corrected chi connectivity index (χ1v) is 6.02. The second-order valence-electron chi connectivity index (χ2n) is 3.54. The minimum atomic E-state index is -1.19. The van der Waals surface area contributed by atoms with Crippen molar-refractivity contribution in [2.24, 2.45) is 0 Å². The molecule has 0 aliphatic carbocycles. The fraction of sp³-hybridized carbons (Fsp3) is 0.571. The maximum absolute atomic E-state index is 9.49. The van der Waals surface area contributed by atoms with Gasteiger partial charge in [-0.15, -0.1) is 13.2 Å². The fourth-order valence-corrected chi connectivity index (χ4v) is 0. The number of hydrogen-bond donors (Lipinski definition) is 0. The zero-order valence-corrected chi connectivity index (χ0v) is 15.7. The molecule has 0 N–H and O–H groups in total. The molecular formula is C14H24O6Zr. The van der Waals surface area contributed by atoms with Gasteiger partial charge in [0.1, 0.15) is 0 Å². The Morgan fingerprint density at radius 3 is 0.905 bits per heavy atom. The van der Waals surface area contributed by atoms with Crippen LogP contribution >= 0.6 is 0 Å². The van der Waals surface area contributed by atoms with Gasteiger partial charge in [0.25, 0.3) is 0 Å². The number of carbonyl (C=O) groups is 2. The minimum absolute atomic E-state index is 0. The van der Waals surface area contributed by atoms with Crippen LogP contribution in [0.15, 0.2) is 24.3 Å². The van der Waals surface area contributed by atoms with Gasteiger partial charge in [-0.1, -0.05) is 39.8 Å². The molecular weight excluding hydrogens is 355 g/mol. The third-order valence-electron chi connectivity index (χ3n) is 1.11. The van der Waals surface area contributed by atoms with E-state index in [1.54, 1.807) is 0 Å². The molecule has 7 heteroatoms. The van der Waals surface area contributed by atoms with Crippen molar-refractivity contribution in [2.75, 3.05) is 13.2 Å². The van der Waals surface area contributed by atoms with Crippen LogP contribution in [0.1, 0.15) is 40.5 Å². The Morgan fingerprint density at radius 1 is 0.810 bits per heavy atom. The quantitative estimate of drug-likeness (QED) is 0.527. The van der Waals surface area contributed by atoms with Crippen LogP contribution in [-0.2, 0) is 35.8 Å². The van der Waals surface area contributed by atoms with E-state index in [1.165, 1.54) is 13.8 Å². The van der Waals surface area contributed by atoms with Gasteiger partial charge in [-0.25, -0.2) is 0 Å². The number of rotatable bonds is 4. The van der Waals surface area contributed by atoms with Crippen molar-refractivity contribution in [3.05, 3.63) is 24.3 Å². The molecule has 0 atom stereocenters. The van der Waals surface area contributed by atoms with Crippen molar-refractivity contribution in [3.8, 4) is 0 Å². The number of hydrogen-bond acceptors (Lipinski definition) is 6. The van der Waals surface area contributed by atoms with Gasteiger partial charge in [0.2, 0.25) is 0 Å². The predicted molar refractivity (Wildman–Crippen MR) is 70.0 cm³/mol. The molecule has 6 nitrogen and oxygen atoms in total. The average Bonchev–Trinajstić information content (AvgIpc) is 2.39. The van der Waals surface area contributed by atoms with E-state index in [2.05, 4.69) is 13.2 Å². The summed E-state index contributed by atoms with van der Waals surface area (Å²) < 4.78 is 0. The van der Waals surface area contributed by atoms with Crippen molar-refractivity contribution >= 4 is 11.9 Å². The largest absolute Gasteiger partial charge is 4.00 e. The molecule has 21 heavy (non-hydrogen) atoms. The Labute approximate surface area is 146 Å². The summed E-state index contributed by atoms with van der Waals surface area (Å²) in [6.45, 7) is 12.8. The number of carboxylic acid groups (broad SMARTS) is 2. The Bertz CT molecular complexity index is 221. The first kappa shape index (κ1) is 32.2. The maximum Gasteiger partial charge on any atom is 4.00 e. The van der Waals surface area contributed by atoms with Gasteiger partial charge in [0, 0.05) is 0 Å². The van der Waals surface area contributed by atoms with E-state index in [4.69, 9.17) is 0 Å². The molecule has 0 saturated carbocycles. The average molecular weight is 380 g/mol. The Hall–Kier alpha value is -0.777. The first-order chi connectivity index (χ1) is 9.11. The predicted octanol–water partition coefficient (Wildman–Crippen LogP) is -1.86. The second-order valence-corrected chi connectivity index (χ2v) is 3.54. The molecule has 0 aliphatic heterocycles. The fourth-order valence-electron chi connectivity index (χ4n) is 0. The summed E-state index contributed by atoms with van der Waals surface area (Å²) in [7, 11) is 0. The van der Waals surface area contributed by atoms with Gasteiger partial charge in [0.15, 0.2) is 0 Å². The molecule has 0 aromatic heterocycles. The van der Waals surface area contributed by atoms with Gasteiger partial charge in [-0.05, 0) is 25.0 Å². The van der Waals surface area contributed by atoms with Crippen LogP contribution in [0.5, 0.6) is 0 Å². The van der Waals surface area contributed by atoms with E-state index in [9.17, 15) is 30.0 Å². The topological polar surface area (TPSA) is 126 Å². The summed E-state index contributed by atoms with van der Waals surface area (Å²) in [6.07, 6.45) is 1.53. The molecule has 0 aliphatic rings. The van der Waals surface area contributed by atoms with Crippen LogP contribution < -0.4 is 20.4 Å². The van der Waals surface area contributed by atoms with Crippen LogP contribution in [0.4, 0.5) is 0 Å². The van der Waals surface area contributed by atoms with Gasteiger partial charge in [0.05, 0.1) is 11.9 Å². The second kappa shape index (κ2) is 27.5. The zero-order valence-electron chi connectivity index (χ0n) is 13.2. The molecule has 0 rings (SSSR count). The summed E-state index contributed by atoms with van der Waals surface area (Å²) in [5.41, 5.74) is 0.130. The van der Waals surface area contributed by atoms with Gasteiger partial charge in [-0.3, -0.25) is 0 Å². The molecule has 0 bridgehead atoms. The van der Waals surface area contributed by atoms with E-state index in [1.807, 2.05) is 13.8 Å². The van der Waals surface area contributed by atoms with E-state index >= 15 is 0 Å². The SMILES string of the molecule is C=C(C)C(=O)[O-].C=C(C)C(=O)[O-].CCC[O-].CCC[O-].[Zr+4]. The van der Waals surface area contributed by atoms with Crippen LogP contribution in [-0.4, -0.2) is 25.2 Å². The third kappa shape index (κ3) is 67.0. The van der Waals surface area contributed by atoms with Crippen molar-refractivity contribution < 1.29 is 56.2 Å². The molecule has 0 fully saturated rings. The monoisotopic (exact) mass is 378 g/mol. The third-order valence-corrected chi connectivity index (χ3v) is 1.11. The normalized spacial score (nSPS) is 7.14. The number of aliphatic carboxylic acids is 2. The Balaban J connectivity index is -0.0000000544. The Kier molecular flexibility index (Phi) is 42.3. The smallest absolute Gasteiger partial charge is 0.854 e. The molecule has 0 aromatic rings. The summed E-state index contributed by atoms with van der Waals surface area (Å²) in [4.78, 5) is 19.0. The Morgan fingerprint density at radius 2 is 0.905 bits per heavy atom. The van der Waals surface area contributed by atoms with E-state index in [0.29, 0.717) is 0 Å². The van der Waals surface area contributed by atoms with Gasteiger partial charge < -0.3 is 30.0 Å². The number of carboxylic acids is 2. The molecule has 0 saturated heterocycles. The minimum Gasteiger partial charge on any atom is -0.854 e. The molecule has 0 heterocycles. The number of carbonyl (C=O) groups excluding carboxylic acids is 2. The van der Waals surface area contributed by atoms with Gasteiger partial charge >= 0.3 is 26.2 Å². The maximum atomic E-state index is 9.49. The molecule has 0 spiro atoms. The van der Waals surface area contributed by atoms with Crippen molar-refractivity contribution in [3.63, 3.8) is 0 Å². The summed E-state index contributed by atoms with van der Waals surface area (Å²) in [5, 5.41) is 37.6. The van der Waals surface area contributed by atoms with E-state index in [-0.39, 0.29) is 50.6 Å². The molecule has 0 aromatic carbocycles. The summed E-state index contributed by atoms with van der Waals surface area (Å²) >= 11 is 0.